The van der Waals surface area contributed by atoms with E-state index in [1.54, 1.807) is 0 Å². The van der Waals surface area contributed by atoms with E-state index in [2.05, 4.69) is 0 Å². The summed E-state index contributed by atoms with van der Waals surface area (Å²) < 4.78 is 204. The summed E-state index contributed by atoms with van der Waals surface area (Å²) in [5.41, 5.74) is -7.53. The third-order valence-electron chi connectivity index (χ3n) is 3.16. The molecule has 27 heavy (non-hydrogen) atoms. The first-order chi connectivity index (χ1) is 11.7. The lowest BCUT2D eigenvalue weighted by molar-refractivity contribution is -0.388. The van der Waals surface area contributed by atoms with Gasteiger partial charge >= 0.3 is 29.8 Å². The summed E-state index contributed by atoms with van der Waals surface area (Å²) in [5, 5.41) is 0. The minimum absolute atomic E-state index is 2.62. The van der Waals surface area contributed by atoms with Gasteiger partial charge in [-0.1, -0.05) is 0 Å². The minimum Gasteiger partial charge on any atom is -0.251 e. The summed E-state index contributed by atoms with van der Waals surface area (Å²) in [6.45, 7) is -2.62. The first kappa shape index (κ1) is 25.6. The molecule has 3 atom stereocenters. The molecule has 0 heterocycles. The molecular formula is C11H6F16. The molecule has 0 amide bonds. The zero-order valence-electron chi connectivity index (χ0n) is 12.1. The maximum absolute atomic E-state index is 13.7. The van der Waals surface area contributed by atoms with Gasteiger partial charge in [-0.15, -0.1) is 0 Å². The summed E-state index contributed by atoms with van der Waals surface area (Å²) in [4.78, 5) is 0. The second kappa shape index (κ2) is 7.56. The van der Waals surface area contributed by atoms with Crippen LogP contribution in [0.3, 0.4) is 0 Å². The van der Waals surface area contributed by atoms with Crippen molar-refractivity contribution in [2.75, 3.05) is 6.67 Å². The van der Waals surface area contributed by atoms with E-state index in [0.717, 1.165) is 0 Å². The third kappa shape index (κ3) is 4.07. The van der Waals surface area contributed by atoms with Gasteiger partial charge in [-0.3, -0.25) is 4.39 Å². The molecule has 3 unspecified atom stereocenters. The Kier molecular flexibility index (Phi) is 7.18. The zero-order valence-corrected chi connectivity index (χ0v) is 12.1. The van der Waals surface area contributed by atoms with Crippen LogP contribution in [-0.4, -0.2) is 48.6 Å². The van der Waals surface area contributed by atoms with Crippen LogP contribution in [-0.2, 0) is 0 Å². The Morgan fingerprint density at radius 3 is 1.44 bits per heavy atom. The predicted molar refractivity (Wildman–Crippen MR) is 55.5 cm³/mol. The van der Waals surface area contributed by atoms with Crippen molar-refractivity contribution >= 4 is 0 Å². The second-order valence-electron chi connectivity index (χ2n) is 4.93. The molecule has 0 aromatic carbocycles. The highest BCUT2D eigenvalue weighted by Gasteiger charge is 2.87. The highest BCUT2D eigenvalue weighted by molar-refractivity contribution is 5.17. The van der Waals surface area contributed by atoms with Crippen molar-refractivity contribution in [2.24, 2.45) is 0 Å². The van der Waals surface area contributed by atoms with Gasteiger partial charge in [-0.2, -0.15) is 39.5 Å². The highest BCUT2D eigenvalue weighted by Crippen LogP contribution is 2.59. The van der Waals surface area contributed by atoms with Crippen molar-refractivity contribution in [3.63, 3.8) is 0 Å². The molecule has 0 saturated carbocycles. The van der Waals surface area contributed by atoms with Crippen LogP contribution in [0, 0.1) is 0 Å². The van der Waals surface area contributed by atoms with Gasteiger partial charge in [0.05, 0.1) is 6.67 Å². The Morgan fingerprint density at radius 2 is 1.15 bits per heavy atom. The molecule has 0 bridgehead atoms. The third-order valence-corrected chi connectivity index (χ3v) is 3.16. The smallest absolute Gasteiger partial charge is 0.251 e. The van der Waals surface area contributed by atoms with Gasteiger partial charge in [0.25, 0.3) is 5.92 Å². The topological polar surface area (TPSA) is 0 Å². The average molecular weight is 442 g/mol. The van der Waals surface area contributed by atoms with Crippen molar-refractivity contribution in [1.29, 1.82) is 0 Å². The molecule has 0 radical (unpaired) electrons. The minimum atomic E-state index is -7.58. The van der Waals surface area contributed by atoms with Crippen molar-refractivity contribution < 1.29 is 70.2 Å². The lowest BCUT2D eigenvalue weighted by atomic mass is 9.82. The molecule has 162 valence electrons. The lowest BCUT2D eigenvalue weighted by Crippen LogP contribution is -2.71. The predicted octanol–water partition coefficient (Wildman–Crippen LogP) is 6.28. The van der Waals surface area contributed by atoms with Crippen LogP contribution < -0.4 is 0 Å². The van der Waals surface area contributed by atoms with Crippen LogP contribution in [0.15, 0.2) is 11.9 Å². The molecule has 16 heteroatoms. The van der Waals surface area contributed by atoms with E-state index in [1.807, 2.05) is 0 Å². The highest BCUT2D eigenvalue weighted by atomic mass is 19.4. The molecule has 0 aliphatic rings. The van der Waals surface area contributed by atoms with Crippen LogP contribution in [0.2, 0.25) is 0 Å². The van der Waals surface area contributed by atoms with E-state index in [1.165, 1.54) is 0 Å². The fourth-order valence-electron chi connectivity index (χ4n) is 1.74. The quantitative estimate of drug-likeness (QED) is 0.389. The van der Waals surface area contributed by atoms with E-state index >= 15 is 0 Å². The molecule has 0 N–H and O–H groups in total. The molecule has 0 saturated heterocycles. The van der Waals surface area contributed by atoms with Gasteiger partial charge in [0, 0.05) is 6.42 Å². The van der Waals surface area contributed by atoms with Crippen molar-refractivity contribution in [2.45, 2.75) is 48.4 Å². The molecule has 0 aromatic rings. The Morgan fingerprint density at radius 1 is 0.741 bits per heavy atom. The van der Waals surface area contributed by atoms with Crippen LogP contribution >= 0.6 is 0 Å². The summed E-state index contributed by atoms with van der Waals surface area (Å²) >= 11 is 0. The molecule has 0 spiro atoms. The normalized spacial score (nSPS) is 18.7. The van der Waals surface area contributed by atoms with E-state index in [4.69, 9.17) is 0 Å². The number of allylic oxidation sites excluding steroid dienone is 1. The summed E-state index contributed by atoms with van der Waals surface area (Å²) in [6, 6.07) is 0. The Labute approximate surface area is 138 Å². The maximum atomic E-state index is 13.7. The van der Waals surface area contributed by atoms with Gasteiger partial charge in [0.2, 0.25) is 18.2 Å². The standard InChI is InChI=1S/C11H6F16/c12-2-1-7(18,19)10(24,11(25,26)27)9(22,23)6(17)8(20,21)4(14)3(13)5(15)16/h4,6H,1-2H2. The number of alkyl halides is 13. The van der Waals surface area contributed by atoms with Crippen LogP contribution in [0.25, 0.3) is 0 Å². The van der Waals surface area contributed by atoms with E-state index < -0.39 is 67.0 Å². The van der Waals surface area contributed by atoms with Crippen molar-refractivity contribution in [1.82, 2.24) is 0 Å². The molecule has 0 rings (SSSR count). The Bertz CT molecular complexity index is 543. The zero-order chi connectivity index (χ0) is 22.2. The van der Waals surface area contributed by atoms with Crippen LogP contribution in [0.5, 0.6) is 0 Å². The lowest BCUT2D eigenvalue weighted by Gasteiger charge is -2.42. The van der Waals surface area contributed by atoms with E-state index in [0.29, 0.717) is 0 Å². The molecule has 0 fully saturated rings. The van der Waals surface area contributed by atoms with E-state index in [-0.39, 0.29) is 0 Å². The maximum Gasteiger partial charge on any atom is 0.434 e. The Balaban J connectivity index is 6.50. The Hall–Kier alpha value is -1.38. The number of rotatable bonds is 8. The summed E-state index contributed by atoms with van der Waals surface area (Å²) in [7, 11) is 0. The molecular weight excluding hydrogens is 436 g/mol. The molecule has 0 aromatic heterocycles. The van der Waals surface area contributed by atoms with Gasteiger partial charge in [0.15, 0.2) is 0 Å². The van der Waals surface area contributed by atoms with Gasteiger partial charge in [-0.05, 0) is 0 Å². The van der Waals surface area contributed by atoms with E-state index in [9.17, 15) is 70.2 Å². The fraction of sp³-hybridized carbons (Fsp3) is 0.818. The SMILES string of the molecule is FCCC(F)(F)C(F)(C(F)(F)F)C(F)(F)C(F)C(F)(F)C(F)C(F)=C(F)F. The number of hydrogen-bond donors (Lipinski definition) is 0. The van der Waals surface area contributed by atoms with Gasteiger partial charge < -0.3 is 0 Å². The number of hydrogen-bond acceptors (Lipinski definition) is 0. The van der Waals surface area contributed by atoms with Gasteiger partial charge in [0.1, 0.15) is 0 Å². The van der Waals surface area contributed by atoms with Crippen LogP contribution in [0.1, 0.15) is 6.42 Å². The monoisotopic (exact) mass is 442 g/mol. The number of halogens is 16. The first-order valence-corrected chi connectivity index (χ1v) is 6.17. The average Bonchev–Trinajstić information content (AvgIpc) is 2.49. The summed E-state index contributed by atoms with van der Waals surface area (Å²) in [6.07, 6.45) is -26.1. The largest absolute Gasteiger partial charge is 0.434 e. The fourth-order valence-corrected chi connectivity index (χ4v) is 1.74. The summed E-state index contributed by atoms with van der Waals surface area (Å²) in [5.74, 6) is -24.9. The van der Waals surface area contributed by atoms with Crippen molar-refractivity contribution in [3.05, 3.63) is 11.9 Å². The molecule has 0 nitrogen and oxygen atoms in total. The van der Waals surface area contributed by atoms with Crippen molar-refractivity contribution in [3.8, 4) is 0 Å². The molecule has 0 aliphatic carbocycles. The van der Waals surface area contributed by atoms with Crippen LogP contribution in [0.4, 0.5) is 70.2 Å². The first-order valence-electron chi connectivity index (χ1n) is 6.17. The van der Waals surface area contributed by atoms with Gasteiger partial charge in [-0.25, -0.2) is 26.3 Å². The molecule has 0 aliphatic heterocycles. The second-order valence-corrected chi connectivity index (χ2v) is 4.93.